The Bertz CT molecular complexity index is 708. The molecule has 4 fully saturated rings. The van der Waals surface area contributed by atoms with Crippen molar-refractivity contribution in [1.82, 2.24) is 15.1 Å². The van der Waals surface area contributed by atoms with Crippen molar-refractivity contribution in [2.24, 2.45) is 17.8 Å². The Balaban J connectivity index is 1.41. The first-order valence-corrected chi connectivity index (χ1v) is 8.79. The lowest BCUT2D eigenvalue weighted by molar-refractivity contribution is -0.0175. The Morgan fingerprint density at radius 3 is 2.43 bits per heavy atom. The molecular formula is C17H19ClN4O. The fourth-order valence-electron chi connectivity index (χ4n) is 5.53. The molecular weight excluding hydrogens is 312 g/mol. The first-order valence-electron chi connectivity index (χ1n) is 8.41. The maximum Gasteiger partial charge on any atom is 0.224 e. The second kappa shape index (κ2) is 4.94. The van der Waals surface area contributed by atoms with E-state index in [2.05, 4.69) is 26.5 Å². The zero-order valence-electron chi connectivity index (χ0n) is 12.8. The molecule has 0 unspecified atom stereocenters. The summed E-state index contributed by atoms with van der Waals surface area (Å²) in [6, 6.07) is 3.83. The van der Waals surface area contributed by atoms with E-state index in [-0.39, 0.29) is 10.7 Å². The van der Waals surface area contributed by atoms with Crippen LogP contribution in [0.25, 0.3) is 0 Å². The molecule has 6 heteroatoms. The summed E-state index contributed by atoms with van der Waals surface area (Å²) in [5.41, 5.74) is 0.227. The maximum absolute atomic E-state index is 5.82. The van der Waals surface area contributed by atoms with Gasteiger partial charge in [-0.15, -0.1) is 0 Å². The van der Waals surface area contributed by atoms with E-state index in [1.54, 1.807) is 12.3 Å². The van der Waals surface area contributed by atoms with Crippen molar-refractivity contribution >= 4 is 23.2 Å². The topological polar surface area (TPSA) is 63.8 Å². The summed E-state index contributed by atoms with van der Waals surface area (Å²) in [7, 11) is 0. The smallest absolute Gasteiger partial charge is 0.224 e. The van der Waals surface area contributed by atoms with Crippen molar-refractivity contribution in [2.45, 2.75) is 43.9 Å². The number of nitrogens with zero attached hydrogens (tertiary/aromatic N) is 3. The van der Waals surface area contributed by atoms with Crippen molar-refractivity contribution in [3.05, 3.63) is 29.4 Å². The molecule has 0 saturated heterocycles. The van der Waals surface area contributed by atoms with Crippen LogP contribution >= 0.6 is 11.6 Å². The Labute approximate surface area is 139 Å². The second-order valence-corrected chi connectivity index (χ2v) is 7.95. The van der Waals surface area contributed by atoms with Crippen molar-refractivity contribution in [1.29, 1.82) is 0 Å². The van der Waals surface area contributed by atoms with E-state index in [9.17, 15) is 0 Å². The average Bonchev–Trinajstić information content (AvgIpc) is 2.95. The van der Waals surface area contributed by atoms with Gasteiger partial charge >= 0.3 is 0 Å². The van der Waals surface area contributed by atoms with Gasteiger partial charge in [-0.05, 0) is 73.9 Å². The van der Waals surface area contributed by atoms with Crippen molar-refractivity contribution in [3.63, 3.8) is 0 Å². The van der Waals surface area contributed by atoms with Crippen LogP contribution in [0.2, 0.25) is 5.28 Å². The number of anilines is 2. The van der Waals surface area contributed by atoms with Gasteiger partial charge in [0.2, 0.25) is 5.28 Å². The van der Waals surface area contributed by atoms with E-state index in [0.29, 0.717) is 11.6 Å². The quantitative estimate of drug-likeness (QED) is 0.848. The number of nitrogens with one attached hydrogen (secondary N) is 1. The molecule has 2 aromatic rings. The summed E-state index contributed by atoms with van der Waals surface area (Å²) in [6.45, 7) is 0. The number of aromatic nitrogens is 3. The Hall–Kier alpha value is -1.62. The molecule has 0 radical (unpaired) electrons. The van der Waals surface area contributed by atoms with Gasteiger partial charge in [-0.25, -0.2) is 9.97 Å². The third kappa shape index (κ3) is 2.33. The standard InChI is InChI=1S/C17H19ClN4O/c18-16-19-2-1-14(21-16)20-15-6-13(23-22-15)17-7-10-3-11(8-17)5-12(4-10)9-17/h1-2,6,10-12H,3-5,7-9H2,(H,19,20,21,22). The maximum atomic E-state index is 5.82. The molecule has 4 aliphatic carbocycles. The van der Waals surface area contributed by atoms with Crippen molar-refractivity contribution < 1.29 is 4.52 Å². The highest BCUT2D eigenvalue weighted by Crippen LogP contribution is 2.60. The summed E-state index contributed by atoms with van der Waals surface area (Å²) < 4.78 is 5.76. The summed E-state index contributed by atoms with van der Waals surface area (Å²) in [4.78, 5) is 8.02. The largest absolute Gasteiger partial charge is 0.359 e. The van der Waals surface area contributed by atoms with Crippen LogP contribution in [0.15, 0.2) is 22.9 Å². The number of hydrogen-bond donors (Lipinski definition) is 1. The fraction of sp³-hybridized carbons (Fsp3) is 0.588. The Morgan fingerprint density at radius 2 is 1.78 bits per heavy atom. The predicted octanol–water partition coefficient (Wildman–Crippen LogP) is 4.33. The normalized spacial score (nSPS) is 34.7. The predicted molar refractivity (Wildman–Crippen MR) is 86.7 cm³/mol. The molecule has 1 N–H and O–H groups in total. The molecule has 2 aromatic heterocycles. The monoisotopic (exact) mass is 330 g/mol. The zero-order valence-corrected chi connectivity index (χ0v) is 13.6. The third-order valence-corrected chi connectivity index (χ3v) is 6.14. The summed E-state index contributed by atoms with van der Waals surface area (Å²) in [5.74, 6) is 5.07. The summed E-state index contributed by atoms with van der Waals surface area (Å²) in [6.07, 6.45) is 9.72. The van der Waals surface area contributed by atoms with Crippen molar-refractivity contribution in [2.75, 3.05) is 5.32 Å². The molecule has 2 heterocycles. The van der Waals surface area contributed by atoms with Gasteiger partial charge in [-0.2, -0.15) is 0 Å². The molecule has 4 saturated carbocycles. The van der Waals surface area contributed by atoms with Crippen LogP contribution < -0.4 is 5.32 Å². The lowest BCUT2D eigenvalue weighted by Gasteiger charge is -2.55. The lowest BCUT2D eigenvalue weighted by Crippen LogP contribution is -2.48. The molecule has 0 aromatic carbocycles. The average molecular weight is 331 g/mol. The summed E-state index contributed by atoms with van der Waals surface area (Å²) >= 11 is 5.82. The van der Waals surface area contributed by atoms with Gasteiger partial charge in [-0.1, -0.05) is 5.16 Å². The van der Waals surface area contributed by atoms with E-state index >= 15 is 0 Å². The molecule has 120 valence electrons. The Morgan fingerprint density at radius 1 is 1.09 bits per heavy atom. The van der Waals surface area contributed by atoms with Crippen LogP contribution in [0, 0.1) is 17.8 Å². The number of halogens is 1. The van der Waals surface area contributed by atoms with Crippen LogP contribution in [-0.4, -0.2) is 15.1 Å². The highest BCUT2D eigenvalue weighted by atomic mass is 35.5. The highest BCUT2D eigenvalue weighted by molar-refractivity contribution is 6.28. The van der Waals surface area contributed by atoms with Crippen LogP contribution in [0.5, 0.6) is 0 Å². The Kier molecular flexibility index (Phi) is 2.96. The minimum atomic E-state index is 0.222. The van der Waals surface area contributed by atoms with Gasteiger partial charge in [0.25, 0.3) is 0 Å². The van der Waals surface area contributed by atoms with Gasteiger partial charge in [0, 0.05) is 17.7 Å². The van der Waals surface area contributed by atoms with Crippen LogP contribution in [0.3, 0.4) is 0 Å². The zero-order chi connectivity index (χ0) is 15.4. The first-order chi connectivity index (χ1) is 11.2. The minimum absolute atomic E-state index is 0.222. The molecule has 0 aliphatic heterocycles. The molecule has 4 bridgehead atoms. The molecule has 23 heavy (non-hydrogen) atoms. The van der Waals surface area contributed by atoms with Gasteiger partial charge in [0.05, 0.1) is 0 Å². The molecule has 0 spiro atoms. The third-order valence-electron chi connectivity index (χ3n) is 5.95. The second-order valence-electron chi connectivity index (χ2n) is 7.61. The molecule has 0 amide bonds. The minimum Gasteiger partial charge on any atom is -0.359 e. The van der Waals surface area contributed by atoms with E-state index < -0.39 is 0 Å². The van der Waals surface area contributed by atoms with Gasteiger partial charge < -0.3 is 9.84 Å². The number of rotatable bonds is 3. The van der Waals surface area contributed by atoms with Crippen LogP contribution in [0.1, 0.15) is 44.3 Å². The van der Waals surface area contributed by atoms with Gasteiger partial charge in [0.1, 0.15) is 11.6 Å². The summed E-state index contributed by atoms with van der Waals surface area (Å²) in [5, 5.41) is 7.59. The van der Waals surface area contributed by atoms with Gasteiger partial charge in [0.15, 0.2) is 5.82 Å². The lowest BCUT2D eigenvalue weighted by atomic mass is 9.49. The van der Waals surface area contributed by atoms with Crippen LogP contribution in [-0.2, 0) is 5.41 Å². The number of hydrogen-bond acceptors (Lipinski definition) is 5. The first kappa shape index (κ1) is 13.8. The van der Waals surface area contributed by atoms with E-state index in [1.165, 1.54) is 38.5 Å². The van der Waals surface area contributed by atoms with Crippen LogP contribution in [0.4, 0.5) is 11.6 Å². The molecule has 6 rings (SSSR count). The molecule has 5 nitrogen and oxygen atoms in total. The van der Waals surface area contributed by atoms with Crippen molar-refractivity contribution in [3.8, 4) is 0 Å². The SMILES string of the molecule is Clc1nccc(Nc2cc(C34CC5CC(CC(C5)C3)C4)on2)n1. The van der Waals surface area contributed by atoms with E-state index in [4.69, 9.17) is 16.1 Å². The van der Waals surface area contributed by atoms with E-state index in [1.807, 2.05) is 0 Å². The molecule has 0 atom stereocenters. The van der Waals surface area contributed by atoms with E-state index in [0.717, 1.165) is 23.5 Å². The molecule has 4 aliphatic rings. The fourth-order valence-corrected chi connectivity index (χ4v) is 5.68. The highest BCUT2D eigenvalue weighted by Gasteiger charge is 2.53. The van der Waals surface area contributed by atoms with Gasteiger partial charge in [-0.3, -0.25) is 0 Å².